The van der Waals surface area contributed by atoms with Crippen LogP contribution in [0.3, 0.4) is 0 Å². The van der Waals surface area contributed by atoms with Crippen LogP contribution in [0, 0.1) is 11.7 Å². The Morgan fingerprint density at radius 2 is 1.90 bits per heavy atom. The van der Waals surface area contributed by atoms with Gasteiger partial charge in [0.1, 0.15) is 15.7 Å². The fraction of sp³-hybridized carbons (Fsp3) is 0.571. The van der Waals surface area contributed by atoms with Gasteiger partial charge in [-0.25, -0.2) is 12.8 Å². The van der Waals surface area contributed by atoms with Crippen LogP contribution in [0.2, 0.25) is 5.02 Å². The largest absolute Gasteiger partial charge is 0.306 e. The second-order valence-electron chi connectivity index (χ2n) is 5.55. The summed E-state index contributed by atoms with van der Waals surface area (Å²) in [5.41, 5.74) is 0.504. The number of benzene rings is 1. The van der Waals surface area contributed by atoms with Gasteiger partial charge in [0.05, 0.1) is 5.75 Å². The highest BCUT2D eigenvalue weighted by molar-refractivity contribution is 7.90. The Bertz CT molecular complexity index is 560. The standard InChI is InChI=1S/C14H21ClFNO2S/c1-9(2)14(17-10(3)8-20(4,18)19)12-6-5-11(15)7-13(12)16/h5-7,9-10,14,17H,8H2,1-4H3/t10-,14+/m1/s1. The maximum Gasteiger partial charge on any atom is 0.148 e. The fourth-order valence-electron chi connectivity index (χ4n) is 2.20. The molecule has 0 fully saturated rings. The van der Waals surface area contributed by atoms with Gasteiger partial charge >= 0.3 is 0 Å². The Morgan fingerprint density at radius 3 is 2.35 bits per heavy atom. The Kier molecular flexibility index (Phi) is 5.98. The summed E-state index contributed by atoms with van der Waals surface area (Å²) in [4.78, 5) is 0. The maximum atomic E-state index is 14.0. The number of hydrogen-bond acceptors (Lipinski definition) is 3. The van der Waals surface area contributed by atoms with E-state index in [4.69, 9.17) is 11.6 Å². The van der Waals surface area contributed by atoms with Crippen LogP contribution in [0.5, 0.6) is 0 Å². The highest BCUT2D eigenvalue weighted by Gasteiger charge is 2.22. The zero-order chi connectivity index (χ0) is 15.5. The molecule has 0 aliphatic heterocycles. The number of hydrogen-bond donors (Lipinski definition) is 1. The number of sulfone groups is 1. The smallest absolute Gasteiger partial charge is 0.148 e. The van der Waals surface area contributed by atoms with Gasteiger partial charge in [-0.15, -0.1) is 0 Å². The molecule has 114 valence electrons. The minimum absolute atomic E-state index is 0.0193. The monoisotopic (exact) mass is 321 g/mol. The fourth-order valence-corrected chi connectivity index (χ4v) is 3.37. The van der Waals surface area contributed by atoms with Gasteiger partial charge in [0.2, 0.25) is 0 Å². The predicted octanol–water partition coefficient (Wildman–Crippen LogP) is 3.20. The summed E-state index contributed by atoms with van der Waals surface area (Å²) in [7, 11) is -3.07. The van der Waals surface area contributed by atoms with Crippen molar-refractivity contribution in [1.29, 1.82) is 0 Å². The average molecular weight is 322 g/mol. The summed E-state index contributed by atoms with van der Waals surface area (Å²) >= 11 is 5.75. The van der Waals surface area contributed by atoms with Crippen LogP contribution in [0.25, 0.3) is 0 Å². The molecule has 0 radical (unpaired) electrons. The van der Waals surface area contributed by atoms with Crippen molar-refractivity contribution < 1.29 is 12.8 Å². The quantitative estimate of drug-likeness (QED) is 0.875. The molecule has 0 aromatic heterocycles. The molecule has 6 heteroatoms. The molecule has 1 rings (SSSR count). The molecule has 0 unspecified atom stereocenters. The van der Waals surface area contributed by atoms with E-state index in [1.807, 2.05) is 13.8 Å². The average Bonchev–Trinajstić information content (AvgIpc) is 2.23. The summed E-state index contributed by atoms with van der Waals surface area (Å²) in [5.74, 6) is -0.242. The van der Waals surface area contributed by atoms with Gasteiger partial charge in [-0.2, -0.15) is 0 Å². The highest BCUT2D eigenvalue weighted by Crippen LogP contribution is 2.26. The lowest BCUT2D eigenvalue weighted by Gasteiger charge is -2.27. The molecular weight excluding hydrogens is 301 g/mol. The lowest BCUT2D eigenvalue weighted by Crippen LogP contribution is -2.38. The number of rotatable bonds is 6. The first-order valence-corrected chi connectivity index (χ1v) is 8.92. The molecule has 0 spiro atoms. The van der Waals surface area contributed by atoms with Gasteiger partial charge in [-0.1, -0.05) is 31.5 Å². The van der Waals surface area contributed by atoms with Crippen LogP contribution >= 0.6 is 11.6 Å². The maximum absolute atomic E-state index is 14.0. The van der Waals surface area contributed by atoms with Crippen molar-refractivity contribution in [2.75, 3.05) is 12.0 Å². The number of halogens is 2. The molecule has 0 heterocycles. The van der Waals surface area contributed by atoms with E-state index in [1.54, 1.807) is 19.1 Å². The van der Waals surface area contributed by atoms with Crippen molar-refractivity contribution in [3.8, 4) is 0 Å². The second kappa shape index (κ2) is 6.87. The third-order valence-corrected chi connectivity index (χ3v) is 4.32. The molecule has 0 bridgehead atoms. The van der Waals surface area contributed by atoms with E-state index < -0.39 is 9.84 Å². The van der Waals surface area contributed by atoms with Crippen molar-refractivity contribution in [2.45, 2.75) is 32.9 Å². The highest BCUT2D eigenvalue weighted by atomic mass is 35.5. The molecule has 20 heavy (non-hydrogen) atoms. The summed E-state index contributed by atoms with van der Waals surface area (Å²) in [6, 6.07) is 4.03. The van der Waals surface area contributed by atoms with Crippen molar-refractivity contribution >= 4 is 21.4 Å². The molecular formula is C14H21ClFNO2S. The Hall–Kier alpha value is -0.650. The van der Waals surface area contributed by atoms with E-state index in [0.717, 1.165) is 0 Å². The van der Waals surface area contributed by atoms with E-state index in [1.165, 1.54) is 12.3 Å². The van der Waals surface area contributed by atoms with Gasteiger partial charge in [-0.05, 0) is 25.0 Å². The van der Waals surface area contributed by atoms with Crippen molar-refractivity contribution in [2.24, 2.45) is 5.92 Å². The molecule has 0 saturated heterocycles. The van der Waals surface area contributed by atoms with Gasteiger partial charge < -0.3 is 5.32 Å². The normalized spacial score (nSPS) is 15.3. The molecule has 0 saturated carbocycles. The molecule has 1 aromatic rings. The SMILES string of the molecule is CC(C)[C@H](N[C@H](C)CS(C)(=O)=O)c1ccc(Cl)cc1F. The molecule has 0 aliphatic carbocycles. The van der Waals surface area contributed by atoms with Gasteiger partial charge in [0, 0.05) is 28.9 Å². The topological polar surface area (TPSA) is 46.2 Å². The van der Waals surface area contributed by atoms with E-state index in [-0.39, 0.29) is 29.6 Å². The summed E-state index contributed by atoms with van der Waals surface area (Å²) in [6.45, 7) is 5.70. The molecule has 1 aromatic carbocycles. The summed E-state index contributed by atoms with van der Waals surface area (Å²) in [6.07, 6.45) is 1.19. The number of nitrogens with one attached hydrogen (secondary N) is 1. The Balaban J connectivity index is 2.95. The zero-order valence-electron chi connectivity index (χ0n) is 12.2. The Labute approximate surface area is 125 Å². The third kappa shape index (κ3) is 5.38. The summed E-state index contributed by atoms with van der Waals surface area (Å²) in [5, 5.41) is 3.53. The molecule has 1 N–H and O–H groups in total. The van der Waals surface area contributed by atoms with E-state index in [9.17, 15) is 12.8 Å². The van der Waals surface area contributed by atoms with E-state index >= 15 is 0 Å². The van der Waals surface area contributed by atoms with Crippen LogP contribution in [-0.4, -0.2) is 26.5 Å². The Morgan fingerprint density at radius 1 is 1.30 bits per heavy atom. The minimum Gasteiger partial charge on any atom is -0.306 e. The minimum atomic E-state index is -3.07. The van der Waals surface area contributed by atoms with Crippen LogP contribution in [-0.2, 0) is 9.84 Å². The predicted molar refractivity (Wildman–Crippen MR) is 81.3 cm³/mol. The third-order valence-electron chi connectivity index (χ3n) is 2.98. The van der Waals surface area contributed by atoms with Crippen LogP contribution in [0.1, 0.15) is 32.4 Å². The lowest BCUT2D eigenvalue weighted by atomic mass is 9.95. The van der Waals surface area contributed by atoms with Crippen molar-refractivity contribution in [3.63, 3.8) is 0 Å². The van der Waals surface area contributed by atoms with Gasteiger partial charge in [0.25, 0.3) is 0 Å². The molecule has 2 atom stereocenters. The van der Waals surface area contributed by atoms with Crippen LogP contribution in [0.15, 0.2) is 18.2 Å². The molecule has 3 nitrogen and oxygen atoms in total. The molecule has 0 aliphatic rings. The second-order valence-corrected chi connectivity index (χ2v) is 8.17. The van der Waals surface area contributed by atoms with Gasteiger partial charge in [-0.3, -0.25) is 0 Å². The first-order chi connectivity index (χ1) is 9.10. The molecule has 0 amide bonds. The van der Waals surface area contributed by atoms with E-state index in [2.05, 4.69) is 5.32 Å². The van der Waals surface area contributed by atoms with Crippen LogP contribution in [0.4, 0.5) is 4.39 Å². The zero-order valence-corrected chi connectivity index (χ0v) is 13.7. The lowest BCUT2D eigenvalue weighted by molar-refractivity contribution is 0.370. The van der Waals surface area contributed by atoms with E-state index in [0.29, 0.717) is 10.6 Å². The van der Waals surface area contributed by atoms with Crippen LogP contribution < -0.4 is 5.32 Å². The van der Waals surface area contributed by atoms with Gasteiger partial charge in [0.15, 0.2) is 0 Å². The van der Waals surface area contributed by atoms with Crippen molar-refractivity contribution in [1.82, 2.24) is 5.32 Å². The van der Waals surface area contributed by atoms with Crippen molar-refractivity contribution in [3.05, 3.63) is 34.6 Å². The first-order valence-electron chi connectivity index (χ1n) is 6.49. The summed E-state index contributed by atoms with van der Waals surface area (Å²) < 4.78 is 36.6. The first kappa shape index (κ1) is 17.4.